The van der Waals surface area contributed by atoms with Crippen LogP contribution in [0.4, 0.5) is 5.69 Å². The van der Waals surface area contributed by atoms with Crippen molar-refractivity contribution in [3.05, 3.63) is 52.6 Å². The van der Waals surface area contributed by atoms with E-state index in [1.54, 1.807) is 18.2 Å². The molecule has 2 amide bonds. The number of fused-ring (bicyclic) bond motifs is 2. The summed E-state index contributed by atoms with van der Waals surface area (Å²) in [4.78, 5) is 24.2. The van der Waals surface area contributed by atoms with Crippen LogP contribution in [-0.4, -0.2) is 23.5 Å². The minimum atomic E-state index is -0.314. The number of aromatic hydroxyl groups is 1. The lowest BCUT2D eigenvalue weighted by atomic mass is 9.89. The highest BCUT2D eigenvalue weighted by Crippen LogP contribution is 2.32. The van der Waals surface area contributed by atoms with E-state index < -0.39 is 0 Å². The number of anilines is 1. The molecule has 140 valence electrons. The van der Waals surface area contributed by atoms with Gasteiger partial charge in [-0.1, -0.05) is 6.07 Å². The molecule has 27 heavy (non-hydrogen) atoms. The van der Waals surface area contributed by atoms with Gasteiger partial charge in [0.2, 0.25) is 0 Å². The summed E-state index contributed by atoms with van der Waals surface area (Å²) in [7, 11) is 0. The van der Waals surface area contributed by atoms with Crippen LogP contribution in [0.15, 0.2) is 30.3 Å². The maximum Gasteiger partial charge on any atom is 0.262 e. The van der Waals surface area contributed by atoms with Crippen LogP contribution in [0.1, 0.15) is 52.9 Å². The Bertz CT molecular complexity index is 923. The summed E-state index contributed by atoms with van der Waals surface area (Å²) in [6.07, 6.45) is 4.12. The molecule has 0 bridgehead atoms. The average Bonchev–Trinajstić information content (AvgIpc) is 2.66. The third-order valence-corrected chi connectivity index (χ3v) is 5.19. The molecule has 0 aromatic heterocycles. The van der Waals surface area contributed by atoms with Crippen molar-refractivity contribution in [1.29, 1.82) is 0 Å². The molecule has 1 aliphatic heterocycles. The number of benzene rings is 2. The van der Waals surface area contributed by atoms with Gasteiger partial charge in [-0.25, -0.2) is 0 Å². The standard InChI is InChI=1S/C21H22N2O4/c1-12(13-6-7-19-17(9-13)23-20(25)11-27-19)22-21(26)16-8-14-4-2-3-5-15(14)10-18(16)24/h6-10,12,24H,2-5,11H2,1H3,(H,22,26)(H,23,25). The highest BCUT2D eigenvalue weighted by molar-refractivity contribution is 5.98. The molecule has 1 aliphatic carbocycles. The first-order valence-corrected chi connectivity index (χ1v) is 9.23. The fraction of sp³-hybridized carbons (Fsp3) is 0.333. The maximum atomic E-state index is 12.7. The molecule has 6 nitrogen and oxygen atoms in total. The predicted molar refractivity (Wildman–Crippen MR) is 101 cm³/mol. The molecular weight excluding hydrogens is 344 g/mol. The van der Waals surface area contributed by atoms with Gasteiger partial charge in [-0.15, -0.1) is 0 Å². The van der Waals surface area contributed by atoms with Crippen LogP contribution in [0.25, 0.3) is 0 Å². The van der Waals surface area contributed by atoms with E-state index in [2.05, 4.69) is 10.6 Å². The lowest BCUT2D eigenvalue weighted by Gasteiger charge is -2.21. The van der Waals surface area contributed by atoms with Crippen molar-refractivity contribution >= 4 is 17.5 Å². The minimum absolute atomic E-state index is 0.0102. The number of ether oxygens (including phenoxy) is 1. The van der Waals surface area contributed by atoms with Crippen LogP contribution < -0.4 is 15.4 Å². The SMILES string of the molecule is CC(NC(=O)c1cc2c(cc1O)CCCC2)c1ccc2c(c1)NC(=O)CO2. The van der Waals surface area contributed by atoms with Crippen molar-refractivity contribution in [2.75, 3.05) is 11.9 Å². The molecule has 0 saturated carbocycles. The highest BCUT2D eigenvalue weighted by atomic mass is 16.5. The molecule has 3 N–H and O–H groups in total. The number of aryl methyl sites for hydroxylation is 2. The van der Waals surface area contributed by atoms with E-state index in [0.29, 0.717) is 17.0 Å². The topological polar surface area (TPSA) is 87.7 Å². The lowest BCUT2D eigenvalue weighted by Crippen LogP contribution is -2.28. The van der Waals surface area contributed by atoms with Crippen molar-refractivity contribution < 1.29 is 19.4 Å². The minimum Gasteiger partial charge on any atom is -0.507 e. The molecule has 0 fully saturated rings. The van der Waals surface area contributed by atoms with E-state index in [0.717, 1.165) is 42.4 Å². The van der Waals surface area contributed by atoms with Crippen molar-refractivity contribution in [2.24, 2.45) is 0 Å². The predicted octanol–water partition coefficient (Wildman–Crippen LogP) is 3.09. The number of nitrogens with one attached hydrogen (secondary N) is 2. The van der Waals surface area contributed by atoms with Crippen molar-refractivity contribution in [1.82, 2.24) is 5.32 Å². The first kappa shape index (κ1) is 17.4. The molecule has 1 heterocycles. The van der Waals surface area contributed by atoms with E-state index in [-0.39, 0.29) is 30.2 Å². The van der Waals surface area contributed by atoms with Gasteiger partial charge in [0.05, 0.1) is 17.3 Å². The van der Waals surface area contributed by atoms with Gasteiger partial charge in [-0.05, 0) is 73.6 Å². The molecule has 6 heteroatoms. The normalized spacial score (nSPS) is 16.4. The van der Waals surface area contributed by atoms with Crippen LogP contribution in [0, 0.1) is 0 Å². The lowest BCUT2D eigenvalue weighted by molar-refractivity contribution is -0.118. The number of carbonyl (C=O) groups is 2. The van der Waals surface area contributed by atoms with E-state index in [1.807, 2.05) is 19.1 Å². The van der Waals surface area contributed by atoms with E-state index in [1.165, 1.54) is 0 Å². The Morgan fingerprint density at radius 2 is 1.93 bits per heavy atom. The maximum absolute atomic E-state index is 12.7. The Morgan fingerprint density at radius 1 is 1.19 bits per heavy atom. The van der Waals surface area contributed by atoms with Crippen molar-refractivity contribution in [3.8, 4) is 11.5 Å². The molecule has 2 aromatic carbocycles. The van der Waals surface area contributed by atoms with E-state index in [4.69, 9.17) is 4.74 Å². The van der Waals surface area contributed by atoms with E-state index in [9.17, 15) is 14.7 Å². The summed E-state index contributed by atoms with van der Waals surface area (Å²) in [5.74, 6) is 0.123. The first-order chi connectivity index (χ1) is 13.0. The van der Waals surface area contributed by atoms with Gasteiger partial charge in [0.1, 0.15) is 11.5 Å². The zero-order chi connectivity index (χ0) is 19.0. The number of phenols is 1. The van der Waals surface area contributed by atoms with Crippen LogP contribution in [0.3, 0.4) is 0 Å². The fourth-order valence-electron chi connectivity index (χ4n) is 3.68. The molecule has 0 spiro atoms. The van der Waals surface area contributed by atoms with Crippen LogP contribution in [-0.2, 0) is 17.6 Å². The molecule has 2 aliphatic rings. The number of hydrogen-bond acceptors (Lipinski definition) is 4. The van der Waals surface area contributed by atoms with Gasteiger partial charge < -0.3 is 20.5 Å². The molecule has 0 radical (unpaired) electrons. The van der Waals surface area contributed by atoms with Gasteiger partial charge >= 0.3 is 0 Å². The Kier molecular flexibility index (Phi) is 4.48. The smallest absolute Gasteiger partial charge is 0.262 e. The second-order valence-electron chi connectivity index (χ2n) is 7.13. The number of hydrogen-bond donors (Lipinski definition) is 3. The summed E-state index contributed by atoms with van der Waals surface area (Å²) in [6.45, 7) is 1.87. The van der Waals surface area contributed by atoms with Gasteiger partial charge in [0, 0.05) is 0 Å². The van der Waals surface area contributed by atoms with Crippen molar-refractivity contribution in [3.63, 3.8) is 0 Å². The van der Waals surface area contributed by atoms with Crippen LogP contribution in [0.5, 0.6) is 11.5 Å². The fourth-order valence-corrected chi connectivity index (χ4v) is 3.68. The number of rotatable bonds is 3. The first-order valence-electron chi connectivity index (χ1n) is 9.23. The summed E-state index contributed by atoms with van der Waals surface area (Å²) >= 11 is 0. The number of phenolic OH excluding ortho intramolecular Hbond substituents is 1. The summed E-state index contributed by atoms with van der Waals surface area (Å²) in [5, 5.41) is 16.0. The summed E-state index contributed by atoms with van der Waals surface area (Å²) in [5.41, 5.74) is 4.02. The quantitative estimate of drug-likeness (QED) is 0.779. The molecule has 1 atom stereocenters. The monoisotopic (exact) mass is 366 g/mol. The van der Waals surface area contributed by atoms with Gasteiger partial charge in [-0.2, -0.15) is 0 Å². The molecule has 1 unspecified atom stereocenters. The number of carbonyl (C=O) groups excluding carboxylic acids is 2. The Hall–Kier alpha value is -3.02. The second kappa shape index (κ2) is 6.95. The van der Waals surface area contributed by atoms with Crippen LogP contribution >= 0.6 is 0 Å². The summed E-state index contributed by atoms with van der Waals surface area (Å²) < 4.78 is 5.36. The molecule has 2 aromatic rings. The Morgan fingerprint density at radius 3 is 2.70 bits per heavy atom. The van der Waals surface area contributed by atoms with E-state index >= 15 is 0 Å². The van der Waals surface area contributed by atoms with Gasteiger partial charge in [0.25, 0.3) is 11.8 Å². The third-order valence-electron chi connectivity index (χ3n) is 5.19. The second-order valence-corrected chi connectivity index (χ2v) is 7.13. The zero-order valence-electron chi connectivity index (χ0n) is 15.2. The Labute approximate surface area is 157 Å². The third kappa shape index (κ3) is 3.47. The summed E-state index contributed by atoms with van der Waals surface area (Å²) in [6, 6.07) is 8.67. The highest BCUT2D eigenvalue weighted by Gasteiger charge is 2.21. The Balaban J connectivity index is 1.53. The molecule has 0 saturated heterocycles. The average molecular weight is 366 g/mol. The van der Waals surface area contributed by atoms with Gasteiger partial charge in [-0.3, -0.25) is 9.59 Å². The molecular formula is C21H22N2O4. The van der Waals surface area contributed by atoms with Crippen LogP contribution in [0.2, 0.25) is 0 Å². The number of amides is 2. The van der Waals surface area contributed by atoms with Gasteiger partial charge in [0.15, 0.2) is 6.61 Å². The molecule has 4 rings (SSSR count). The zero-order valence-corrected chi connectivity index (χ0v) is 15.2. The largest absolute Gasteiger partial charge is 0.507 e. The van der Waals surface area contributed by atoms with Crippen molar-refractivity contribution in [2.45, 2.75) is 38.6 Å².